The number of aliphatic carboxylic acids is 1. The summed E-state index contributed by atoms with van der Waals surface area (Å²) in [5.74, 6) is -0.339. The summed E-state index contributed by atoms with van der Waals surface area (Å²) in [5, 5.41) is 18.5. The Hall–Kier alpha value is -5.25. The Balaban J connectivity index is 1.39. The van der Waals surface area contributed by atoms with E-state index in [1.54, 1.807) is 35.2 Å². The molecule has 0 bridgehead atoms. The van der Waals surface area contributed by atoms with Crippen LogP contribution in [-0.2, 0) is 11.3 Å². The van der Waals surface area contributed by atoms with E-state index in [4.69, 9.17) is 9.63 Å². The Labute approximate surface area is 262 Å². The first-order valence-electron chi connectivity index (χ1n) is 15.2. The quantitative estimate of drug-likeness (QED) is 0.163. The number of carbonyl (C=O) groups excluding carboxylic acids is 2. The van der Waals surface area contributed by atoms with E-state index >= 15 is 0 Å². The molecule has 3 aromatic carbocycles. The van der Waals surface area contributed by atoms with Gasteiger partial charge in [0, 0.05) is 23.7 Å². The normalized spacial score (nSPS) is 12.8. The molecule has 232 valence electrons. The van der Waals surface area contributed by atoms with Gasteiger partial charge in [0.15, 0.2) is 5.82 Å². The van der Waals surface area contributed by atoms with Gasteiger partial charge in [-0.25, -0.2) is 4.79 Å². The van der Waals surface area contributed by atoms with Gasteiger partial charge in [-0.1, -0.05) is 61.5 Å². The molecule has 0 saturated carbocycles. The van der Waals surface area contributed by atoms with Crippen molar-refractivity contribution in [2.75, 3.05) is 16.8 Å². The molecule has 10 heteroatoms. The fourth-order valence-corrected chi connectivity index (χ4v) is 5.11. The largest absolute Gasteiger partial charge is 0.481 e. The topological polar surface area (TPSA) is 138 Å². The van der Waals surface area contributed by atoms with Gasteiger partial charge in [0.05, 0.1) is 24.2 Å². The van der Waals surface area contributed by atoms with Crippen LogP contribution in [0, 0.1) is 0 Å². The lowest BCUT2D eigenvalue weighted by molar-refractivity contribution is -0.136. The SMILES string of the molecule is CC(C)c1noc(-c2ccccc2NC(=O)N(Cc2ccc(C(=O)NCCC(=O)O)cc2)c2ccc(C3=CCCCC3)cc2)n1. The Kier molecular flexibility index (Phi) is 10.0. The molecular weight excluding hydrogens is 570 g/mol. The third-order valence-electron chi connectivity index (χ3n) is 7.62. The number of carbonyl (C=O) groups is 3. The number of urea groups is 1. The predicted molar refractivity (Wildman–Crippen MR) is 173 cm³/mol. The molecule has 10 nitrogen and oxygen atoms in total. The zero-order chi connectivity index (χ0) is 31.8. The van der Waals surface area contributed by atoms with Crippen LogP contribution in [0.15, 0.2) is 83.4 Å². The second kappa shape index (κ2) is 14.5. The number of hydrogen-bond donors (Lipinski definition) is 3. The summed E-state index contributed by atoms with van der Waals surface area (Å²) in [5.41, 5.74) is 5.54. The maximum absolute atomic E-state index is 14.0. The first-order chi connectivity index (χ1) is 21.8. The summed E-state index contributed by atoms with van der Waals surface area (Å²) in [6.07, 6.45) is 6.65. The molecule has 3 N–H and O–H groups in total. The van der Waals surface area contributed by atoms with Crippen LogP contribution in [0.2, 0.25) is 0 Å². The Bertz CT molecular complexity index is 1680. The van der Waals surface area contributed by atoms with Crippen LogP contribution in [-0.4, -0.2) is 39.7 Å². The second-order valence-corrected chi connectivity index (χ2v) is 11.3. The van der Waals surface area contributed by atoms with E-state index in [9.17, 15) is 14.4 Å². The standard InChI is InChI=1S/C35H37N5O5/c1-23(2)32-38-34(45-39-32)29-10-6-7-11-30(29)37-35(44)40(28-18-16-26(17-19-28)25-8-4-3-5-9-25)22-24-12-14-27(15-13-24)33(43)36-21-20-31(41)42/h6-8,10-19,23H,3-5,9,20-22H2,1-2H3,(H,36,43)(H,37,44)(H,41,42). The lowest BCUT2D eigenvalue weighted by atomic mass is 9.93. The van der Waals surface area contributed by atoms with E-state index in [1.165, 1.54) is 18.4 Å². The number of benzene rings is 3. The number of hydrogen-bond acceptors (Lipinski definition) is 6. The van der Waals surface area contributed by atoms with Crippen molar-refractivity contribution in [2.24, 2.45) is 0 Å². The summed E-state index contributed by atoms with van der Waals surface area (Å²) in [7, 11) is 0. The van der Waals surface area contributed by atoms with Crippen LogP contribution in [0.4, 0.5) is 16.2 Å². The number of carboxylic acids is 1. The number of carboxylic acid groups (broad SMARTS) is 1. The van der Waals surface area contributed by atoms with Gasteiger partial charge < -0.3 is 20.3 Å². The number of nitrogens with zero attached hydrogens (tertiary/aromatic N) is 3. The molecule has 0 saturated heterocycles. The summed E-state index contributed by atoms with van der Waals surface area (Å²) in [6.45, 7) is 4.24. The Morgan fingerprint density at radius 3 is 2.40 bits per heavy atom. The maximum atomic E-state index is 14.0. The number of aromatic nitrogens is 2. The highest BCUT2D eigenvalue weighted by Crippen LogP contribution is 2.31. The zero-order valence-electron chi connectivity index (χ0n) is 25.5. The molecule has 1 aliphatic carbocycles. The van der Waals surface area contributed by atoms with Crippen molar-refractivity contribution in [1.82, 2.24) is 15.5 Å². The Morgan fingerprint density at radius 1 is 0.978 bits per heavy atom. The molecule has 0 fully saturated rings. The highest BCUT2D eigenvalue weighted by molar-refractivity contribution is 6.03. The zero-order valence-corrected chi connectivity index (χ0v) is 25.5. The number of nitrogens with one attached hydrogen (secondary N) is 2. The van der Waals surface area contributed by atoms with E-state index < -0.39 is 5.97 Å². The van der Waals surface area contributed by atoms with Crippen LogP contribution in [0.3, 0.4) is 0 Å². The van der Waals surface area contributed by atoms with Crippen LogP contribution < -0.4 is 15.5 Å². The number of amides is 3. The predicted octanol–water partition coefficient (Wildman–Crippen LogP) is 7.26. The summed E-state index contributed by atoms with van der Waals surface area (Å²) in [6, 6.07) is 21.8. The lowest BCUT2D eigenvalue weighted by Gasteiger charge is -2.25. The minimum atomic E-state index is -0.979. The number of rotatable bonds is 11. The fourth-order valence-electron chi connectivity index (χ4n) is 5.11. The van der Waals surface area contributed by atoms with Gasteiger partial charge in [0.2, 0.25) is 0 Å². The van der Waals surface area contributed by atoms with Crippen LogP contribution in [0.5, 0.6) is 0 Å². The molecule has 1 aromatic heterocycles. The molecule has 0 atom stereocenters. The van der Waals surface area contributed by atoms with Crippen LogP contribution >= 0.6 is 0 Å². The van der Waals surface area contributed by atoms with Crippen molar-refractivity contribution in [3.63, 3.8) is 0 Å². The van der Waals surface area contributed by atoms with Gasteiger partial charge in [0.1, 0.15) is 0 Å². The van der Waals surface area contributed by atoms with E-state index in [1.807, 2.05) is 44.2 Å². The molecule has 5 rings (SSSR count). The average Bonchev–Trinajstić information content (AvgIpc) is 3.55. The molecular formula is C35H37N5O5. The van der Waals surface area contributed by atoms with E-state index in [0.29, 0.717) is 34.2 Å². The Morgan fingerprint density at radius 2 is 1.73 bits per heavy atom. The summed E-state index contributed by atoms with van der Waals surface area (Å²) < 4.78 is 5.52. The van der Waals surface area contributed by atoms with Gasteiger partial charge in [-0.15, -0.1) is 0 Å². The molecule has 3 amide bonds. The monoisotopic (exact) mass is 607 g/mol. The van der Waals surface area contributed by atoms with Crippen molar-refractivity contribution in [2.45, 2.75) is 58.4 Å². The first-order valence-corrected chi connectivity index (χ1v) is 15.2. The molecule has 0 aliphatic heterocycles. The summed E-state index contributed by atoms with van der Waals surface area (Å²) >= 11 is 0. The smallest absolute Gasteiger partial charge is 0.326 e. The summed E-state index contributed by atoms with van der Waals surface area (Å²) in [4.78, 5) is 43.3. The highest BCUT2D eigenvalue weighted by atomic mass is 16.5. The number of para-hydroxylation sites is 1. The van der Waals surface area contributed by atoms with Gasteiger partial charge in [0.25, 0.3) is 11.8 Å². The van der Waals surface area contributed by atoms with Crippen LogP contribution in [0.25, 0.3) is 17.0 Å². The van der Waals surface area contributed by atoms with Gasteiger partial charge >= 0.3 is 12.0 Å². The average molecular weight is 608 g/mol. The first kappa shape index (κ1) is 31.2. The van der Waals surface area contributed by atoms with Crippen molar-refractivity contribution in [3.05, 3.63) is 101 Å². The van der Waals surface area contributed by atoms with Gasteiger partial charge in [-0.2, -0.15) is 4.98 Å². The number of allylic oxidation sites excluding steroid dienone is 2. The van der Waals surface area contributed by atoms with Gasteiger partial charge in [-0.3, -0.25) is 14.5 Å². The molecule has 4 aromatic rings. The second-order valence-electron chi connectivity index (χ2n) is 11.3. The third-order valence-corrected chi connectivity index (χ3v) is 7.62. The van der Waals surface area contributed by atoms with Crippen molar-refractivity contribution in [3.8, 4) is 11.5 Å². The van der Waals surface area contributed by atoms with Crippen molar-refractivity contribution >= 4 is 34.9 Å². The molecule has 1 heterocycles. The maximum Gasteiger partial charge on any atom is 0.326 e. The highest BCUT2D eigenvalue weighted by Gasteiger charge is 2.21. The van der Waals surface area contributed by atoms with E-state index in [2.05, 4.69) is 39.0 Å². The molecule has 0 radical (unpaired) electrons. The van der Waals surface area contributed by atoms with Crippen molar-refractivity contribution in [1.29, 1.82) is 0 Å². The van der Waals surface area contributed by atoms with Crippen molar-refractivity contribution < 1.29 is 24.0 Å². The molecule has 0 spiro atoms. The molecule has 0 unspecified atom stereocenters. The fraction of sp³-hybridized carbons (Fsp3) is 0.286. The minimum absolute atomic E-state index is 0.0423. The number of anilines is 2. The van der Waals surface area contributed by atoms with E-state index in [-0.39, 0.29) is 37.4 Å². The molecule has 45 heavy (non-hydrogen) atoms. The van der Waals surface area contributed by atoms with E-state index in [0.717, 1.165) is 24.0 Å². The third kappa shape index (κ3) is 8.03. The lowest BCUT2D eigenvalue weighted by Crippen LogP contribution is -2.34. The molecule has 1 aliphatic rings. The van der Waals surface area contributed by atoms with Crippen LogP contribution in [0.1, 0.15) is 79.2 Å². The van der Waals surface area contributed by atoms with Gasteiger partial charge in [-0.05, 0) is 78.8 Å². The minimum Gasteiger partial charge on any atom is -0.481 e.